The van der Waals surface area contributed by atoms with Crippen molar-refractivity contribution in [2.75, 3.05) is 17.7 Å². The quantitative estimate of drug-likeness (QED) is 0.297. The monoisotopic (exact) mass is 528 g/mol. The molecule has 0 fully saturated rings. The summed E-state index contributed by atoms with van der Waals surface area (Å²) in [5.74, 6) is 0.435. The van der Waals surface area contributed by atoms with Gasteiger partial charge in [0.05, 0.1) is 22.9 Å². The van der Waals surface area contributed by atoms with E-state index < -0.39 is 5.97 Å². The molecule has 0 saturated carbocycles. The number of nitrogens with zero attached hydrogens (tertiary/aromatic N) is 3. The lowest BCUT2D eigenvalue weighted by atomic mass is 10.1. The minimum atomic E-state index is -0.443. The number of carbonyl (C=O) groups is 2. The normalized spacial score (nSPS) is 10.8. The number of esters is 1. The Morgan fingerprint density at radius 2 is 2.00 bits per heavy atom. The number of ether oxygens (including phenoxy) is 2. The van der Waals surface area contributed by atoms with Crippen molar-refractivity contribution in [3.05, 3.63) is 50.1 Å². The molecule has 8 nitrogen and oxygen atoms in total. The van der Waals surface area contributed by atoms with Crippen LogP contribution in [0.1, 0.15) is 33.5 Å². The van der Waals surface area contributed by atoms with Crippen molar-refractivity contribution >= 4 is 63.2 Å². The van der Waals surface area contributed by atoms with Crippen LogP contribution >= 0.6 is 46.3 Å². The van der Waals surface area contributed by atoms with E-state index in [1.165, 1.54) is 23.1 Å². The first-order chi connectivity index (χ1) is 15.7. The molecule has 33 heavy (non-hydrogen) atoms. The molecule has 1 amide bonds. The Hall–Kier alpha value is -2.27. The topological polar surface area (TPSA) is 95.3 Å². The third-order valence-electron chi connectivity index (χ3n) is 4.63. The van der Waals surface area contributed by atoms with Crippen LogP contribution in [0.25, 0.3) is 0 Å². The van der Waals surface area contributed by atoms with Crippen molar-refractivity contribution < 1.29 is 19.1 Å². The van der Waals surface area contributed by atoms with Crippen molar-refractivity contribution in [3.63, 3.8) is 0 Å². The van der Waals surface area contributed by atoms with Crippen molar-refractivity contribution in [2.24, 2.45) is 7.05 Å². The van der Waals surface area contributed by atoms with E-state index in [4.69, 9.17) is 32.7 Å². The van der Waals surface area contributed by atoms with Crippen LogP contribution in [0.2, 0.25) is 10.0 Å². The lowest BCUT2D eigenvalue weighted by molar-refractivity contribution is -0.113. The van der Waals surface area contributed by atoms with Gasteiger partial charge in [-0.3, -0.25) is 4.79 Å². The van der Waals surface area contributed by atoms with Crippen LogP contribution in [0.5, 0.6) is 5.75 Å². The van der Waals surface area contributed by atoms with E-state index in [9.17, 15) is 9.59 Å². The first-order valence-corrected chi connectivity index (χ1v) is 12.4. The SMILES string of the molecule is CCOC(=O)c1c(NC(=O)CSc2nnc(COc3ccc(Cl)cc3Cl)n2C)sc(C)c1C. The second kappa shape index (κ2) is 11.2. The van der Waals surface area contributed by atoms with Gasteiger partial charge in [0, 0.05) is 16.9 Å². The molecule has 2 aromatic heterocycles. The first kappa shape index (κ1) is 25.4. The summed E-state index contributed by atoms with van der Waals surface area (Å²) < 4.78 is 12.6. The van der Waals surface area contributed by atoms with E-state index in [0.29, 0.717) is 37.3 Å². The van der Waals surface area contributed by atoms with Gasteiger partial charge in [-0.05, 0) is 44.5 Å². The largest absolute Gasteiger partial charge is 0.484 e. The Kier molecular flexibility index (Phi) is 8.63. The molecule has 0 aliphatic rings. The fourth-order valence-corrected chi connectivity index (χ4v) is 5.05. The fourth-order valence-electron chi connectivity index (χ4n) is 2.79. The van der Waals surface area contributed by atoms with Crippen molar-refractivity contribution in [1.29, 1.82) is 0 Å². The van der Waals surface area contributed by atoms with Crippen LogP contribution in [0, 0.1) is 13.8 Å². The standard InChI is InChI=1S/C21H22Cl2N4O4S2/c1-5-30-20(29)18-11(2)12(3)33-19(18)24-17(28)10-32-21-26-25-16(27(21)4)9-31-15-7-6-13(22)8-14(15)23/h6-8H,5,9-10H2,1-4H3,(H,24,28). The number of aromatic nitrogens is 3. The van der Waals surface area contributed by atoms with Gasteiger partial charge in [0.2, 0.25) is 5.91 Å². The summed E-state index contributed by atoms with van der Waals surface area (Å²) in [6.45, 7) is 5.88. The van der Waals surface area contributed by atoms with Crippen LogP contribution < -0.4 is 10.1 Å². The number of thioether (sulfide) groups is 1. The zero-order chi connectivity index (χ0) is 24.1. The van der Waals surface area contributed by atoms with E-state index in [-0.39, 0.29) is 24.9 Å². The number of halogens is 2. The smallest absolute Gasteiger partial charge is 0.341 e. The Morgan fingerprint density at radius 3 is 2.70 bits per heavy atom. The van der Waals surface area contributed by atoms with E-state index in [1.807, 2.05) is 13.8 Å². The molecular weight excluding hydrogens is 507 g/mol. The number of amides is 1. The molecule has 1 aromatic carbocycles. The molecule has 0 radical (unpaired) electrons. The summed E-state index contributed by atoms with van der Waals surface area (Å²) in [4.78, 5) is 25.8. The van der Waals surface area contributed by atoms with Gasteiger partial charge in [-0.2, -0.15) is 0 Å². The molecule has 12 heteroatoms. The Bertz CT molecular complexity index is 1180. The highest BCUT2D eigenvalue weighted by molar-refractivity contribution is 7.99. The molecule has 3 rings (SSSR count). The second-order valence-corrected chi connectivity index (χ2v) is 9.88. The summed E-state index contributed by atoms with van der Waals surface area (Å²) in [7, 11) is 1.78. The van der Waals surface area contributed by atoms with Gasteiger partial charge < -0.3 is 19.4 Å². The number of hydrogen-bond donors (Lipinski definition) is 1. The Labute approximate surface area is 209 Å². The molecule has 2 heterocycles. The number of thiophene rings is 1. The van der Waals surface area contributed by atoms with Gasteiger partial charge in [-0.1, -0.05) is 35.0 Å². The number of rotatable bonds is 9. The maximum atomic E-state index is 12.5. The number of benzene rings is 1. The van der Waals surface area contributed by atoms with Crippen LogP contribution in [0.4, 0.5) is 5.00 Å². The van der Waals surface area contributed by atoms with Crippen molar-refractivity contribution in [2.45, 2.75) is 32.5 Å². The number of carbonyl (C=O) groups excluding carboxylic acids is 2. The molecule has 0 aliphatic heterocycles. The highest BCUT2D eigenvalue weighted by Gasteiger charge is 2.22. The van der Waals surface area contributed by atoms with Crippen LogP contribution in [0.3, 0.4) is 0 Å². The third kappa shape index (κ3) is 6.20. The zero-order valence-corrected chi connectivity index (χ0v) is 21.5. The number of aryl methyl sites for hydroxylation is 1. The minimum absolute atomic E-state index is 0.0914. The van der Waals surface area contributed by atoms with E-state index in [0.717, 1.165) is 10.4 Å². The van der Waals surface area contributed by atoms with E-state index >= 15 is 0 Å². The highest BCUT2D eigenvalue weighted by atomic mass is 35.5. The van der Waals surface area contributed by atoms with E-state index in [2.05, 4.69) is 15.5 Å². The maximum absolute atomic E-state index is 12.5. The molecule has 176 valence electrons. The summed E-state index contributed by atoms with van der Waals surface area (Å²) in [6, 6.07) is 4.96. The molecule has 0 unspecified atom stereocenters. The summed E-state index contributed by atoms with van der Waals surface area (Å²) in [5.41, 5.74) is 1.21. The molecular formula is C21H22Cl2N4O4S2. The van der Waals surface area contributed by atoms with Crippen LogP contribution in [-0.2, 0) is 23.2 Å². The zero-order valence-electron chi connectivity index (χ0n) is 18.4. The molecule has 1 N–H and O–H groups in total. The molecule has 0 saturated heterocycles. The van der Waals surface area contributed by atoms with Gasteiger partial charge in [0.1, 0.15) is 17.4 Å². The van der Waals surface area contributed by atoms with E-state index in [1.54, 1.807) is 36.7 Å². The number of hydrogen-bond acceptors (Lipinski definition) is 8. The summed E-state index contributed by atoms with van der Waals surface area (Å²) in [6.07, 6.45) is 0. The third-order valence-corrected chi connectivity index (χ3v) is 7.30. The van der Waals surface area contributed by atoms with Gasteiger partial charge in [-0.15, -0.1) is 21.5 Å². The Morgan fingerprint density at radius 1 is 1.24 bits per heavy atom. The Balaban J connectivity index is 1.60. The van der Waals surface area contributed by atoms with Gasteiger partial charge in [0.25, 0.3) is 0 Å². The second-order valence-electron chi connectivity index (χ2n) is 6.87. The lowest BCUT2D eigenvalue weighted by Gasteiger charge is -2.09. The maximum Gasteiger partial charge on any atom is 0.341 e. The number of anilines is 1. The van der Waals surface area contributed by atoms with Crippen molar-refractivity contribution in [3.8, 4) is 5.75 Å². The summed E-state index contributed by atoms with van der Waals surface area (Å²) in [5, 5.41) is 13.0. The van der Waals surface area contributed by atoms with Gasteiger partial charge >= 0.3 is 5.97 Å². The predicted octanol–water partition coefficient (Wildman–Crippen LogP) is 5.29. The number of nitrogens with one attached hydrogen (secondary N) is 1. The van der Waals surface area contributed by atoms with Crippen molar-refractivity contribution in [1.82, 2.24) is 14.8 Å². The molecule has 0 spiro atoms. The molecule has 0 atom stereocenters. The van der Waals surface area contributed by atoms with Crippen LogP contribution in [0.15, 0.2) is 23.4 Å². The molecule has 0 aliphatic carbocycles. The predicted molar refractivity (Wildman–Crippen MR) is 131 cm³/mol. The highest BCUT2D eigenvalue weighted by Crippen LogP contribution is 2.33. The average Bonchev–Trinajstić information content (AvgIpc) is 3.24. The first-order valence-electron chi connectivity index (χ1n) is 9.87. The van der Waals surface area contributed by atoms with Gasteiger partial charge in [0.15, 0.2) is 11.0 Å². The molecule has 3 aromatic rings. The lowest BCUT2D eigenvalue weighted by Crippen LogP contribution is -2.16. The summed E-state index contributed by atoms with van der Waals surface area (Å²) >= 11 is 14.6. The minimum Gasteiger partial charge on any atom is -0.484 e. The molecule has 0 bridgehead atoms. The fraction of sp³-hybridized carbons (Fsp3) is 0.333. The van der Waals surface area contributed by atoms with Crippen LogP contribution in [-0.4, -0.2) is 39.0 Å². The average molecular weight is 529 g/mol. The van der Waals surface area contributed by atoms with Gasteiger partial charge in [-0.25, -0.2) is 4.79 Å².